The van der Waals surface area contributed by atoms with Crippen molar-refractivity contribution in [3.8, 4) is 0 Å². The van der Waals surface area contributed by atoms with Gasteiger partial charge in [0, 0.05) is 16.9 Å². The Kier molecular flexibility index (Phi) is 2.82. The maximum Gasteiger partial charge on any atom is 0.314 e. The van der Waals surface area contributed by atoms with Gasteiger partial charge in [-0.1, -0.05) is 6.92 Å². The fraction of sp³-hybridized carbons (Fsp3) is 0.357. The van der Waals surface area contributed by atoms with Gasteiger partial charge in [-0.15, -0.1) is 0 Å². The number of carboxylic acids is 1. The van der Waals surface area contributed by atoms with Crippen molar-refractivity contribution < 1.29 is 9.90 Å². The van der Waals surface area contributed by atoms with E-state index < -0.39 is 11.4 Å². The van der Waals surface area contributed by atoms with E-state index in [1.165, 1.54) is 0 Å². The lowest BCUT2D eigenvalue weighted by Crippen LogP contribution is -2.46. The van der Waals surface area contributed by atoms with Crippen molar-refractivity contribution in [3.63, 3.8) is 0 Å². The molecule has 1 saturated carbocycles. The van der Waals surface area contributed by atoms with E-state index in [1.54, 1.807) is 12.4 Å². The summed E-state index contributed by atoms with van der Waals surface area (Å²) >= 11 is 3.46. The van der Waals surface area contributed by atoms with Crippen LogP contribution < -0.4 is 0 Å². The van der Waals surface area contributed by atoms with E-state index >= 15 is 0 Å². The summed E-state index contributed by atoms with van der Waals surface area (Å²) < 4.78 is 0.799. The highest BCUT2D eigenvalue weighted by Crippen LogP contribution is 2.48. The monoisotopic (exact) mass is 320 g/mol. The second-order valence-corrected chi connectivity index (χ2v) is 6.14. The molecule has 98 valence electrons. The number of hydrogen-bond acceptors (Lipinski definition) is 3. The van der Waals surface area contributed by atoms with Crippen LogP contribution in [0.25, 0.3) is 11.0 Å². The molecule has 5 heteroatoms. The zero-order chi connectivity index (χ0) is 13.6. The Labute approximate surface area is 119 Å². The lowest BCUT2D eigenvalue weighted by Gasteiger charge is -2.43. The molecule has 0 amide bonds. The van der Waals surface area contributed by atoms with Crippen LogP contribution in [0, 0.1) is 5.92 Å². The van der Waals surface area contributed by atoms with Crippen LogP contribution >= 0.6 is 15.9 Å². The van der Waals surface area contributed by atoms with Gasteiger partial charge in [0.25, 0.3) is 0 Å². The van der Waals surface area contributed by atoms with Crippen molar-refractivity contribution in [2.24, 2.45) is 5.92 Å². The van der Waals surface area contributed by atoms with Gasteiger partial charge in [-0.25, -0.2) is 0 Å². The summed E-state index contributed by atoms with van der Waals surface area (Å²) in [6.07, 6.45) is 4.61. The summed E-state index contributed by atoms with van der Waals surface area (Å²) in [5, 5.41) is 9.57. The highest BCUT2D eigenvalue weighted by molar-refractivity contribution is 9.10. The molecule has 1 heterocycles. The first-order valence-electron chi connectivity index (χ1n) is 6.17. The summed E-state index contributed by atoms with van der Waals surface area (Å²) in [6, 6.07) is 3.73. The molecule has 0 radical (unpaired) electrons. The first kappa shape index (κ1) is 12.5. The van der Waals surface area contributed by atoms with Crippen molar-refractivity contribution >= 4 is 32.9 Å². The predicted molar refractivity (Wildman–Crippen MR) is 74.9 cm³/mol. The number of fused-ring (bicyclic) bond motifs is 1. The Morgan fingerprint density at radius 2 is 2.05 bits per heavy atom. The molecule has 2 aromatic rings. The number of carbonyl (C=O) groups is 1. The zero-order valence-corrected chi connectivity index (χ0v) is 12.0. The zero-order valence-electron chi connectivity index (χ0n) is 10.4. The van der Waals surface area contributed by atoms with Gasteiger partial charge in [0.15, 0.2) is 0 Å². The molecule has 1 aliphatic carbocycles. The van der Waals surface area contributed by atoms with E-state index in [0.717, 1.165) is 21.1 Å². The summed E-state index contributed by atoms with van der Waals surface area (Å²) in [7, 11) is 0. The smallest absolute Gasteiger partial charge is 0.314 e. The lowest BCUT2D eigenvalue weighted by atomic mass is 9.59. The summed E-state index contributed by atoms with van der Waals surface area (Å²) in [4.78, 5) is 20.2. The van der Waals surface area contributed by atoms with Gasteiger partial charge in [0.1, 0.15) is 5.52 Å². The number of rotatable bonds is 2. The van der Waals surface area contributed by atoms with Crippen LogP contribution in [0.2, 0.25) is 0 Å². The summed E-state index contributed by atoms with van der Waals surface area (Å²) in [6.45, 7) is 2.08. The van der Waals surface area contributed by atoms with Crippen LogP contribution in [0.3, 0.4) is 0 Å². The Bertz CT molecular complexity index is 666. The van der Waals surface area contributed by atoms with E-state index in [0.29, 0.717) is 18.8 Å². The molecule has 1 aromatic carbocycles. The molecule has 19 heavy (non-hydrogen) atoms. The molecule has 3 rings (SSSR count). The second-order valence-electron chi connectivity index (χ2n) is 5.28. The Balaban J connectivity index is 2.18. The van der Waals surface area contributed by atoms with Gasteiger partial charge in [0.2, 0.25) is 0 Å². The molecule has 1 aliphatic rings. The minimum Gasteiger partial charge on any atom is -0.481 e. The number of aliphatic carboxylic acids is 1. The lowest BCUT2D eigenvalue weighted by molar-refractivity contribution is -0.149. The number of nitrogens with zero attached hydrogens (tertiary/aromatic N) is 2. The van der Waals surface area contributed by atoms with Crippen molar-refractivity contribution in [1.29, 1.82) is 0 Å². The highest BCUT2D eigenvalue weighted by Gasteiger charge is 2.50. The quantitative estimate of drug-likeness (QED) is 0.923. The van der Waals surface area contributed by atoms with Crippen LogP contribution in [0.4, 0.5) is 0 Å². The highest BCUT2D eigenvalue weighted by atomic mass is 79.9. The van der Waals surface area contributed by atoms with Gasteiger partial charge in [0.05, 0.1) is 10.9 Å². The first-order chi connectivity index (χ1) is 9.03. The molecular weight excluding hydrogens is 308 g/mol. The Morgan fingerprint density at radius 3 is 2.68 bits per heavy atom. The van der Waals surface area contributed by atoms with E-state index in [1.807, 2.05) is 12.1 Å². The maximum atomic E-state index is 11.6. The van der Waals surface area contributed by atoms with Gasteiger partial charge < -0.3 is 5.11 Å². The molecule has 1 aromatic heterocycles. The van der Waals surface area contributed by atoms with E-state index in [4.69, 9.17) is 0 Å². The molecule has 1 fully saturated rings. The molecule has 0 saturated heterocycles. The standard InChI is InChI=1S/C14H13BrN2O2/c1-8-6-14(7-8,13(18)19)9-4-10(15)12-11(5-9)16-2-3-17-12/h2-5,8H,6-7H2,1H3,(H,18,19). The average molecular weight is 321 g/mol. The van der Waals surface area contributed by atoms with Gasteiger partial charge in [-0.2, -0.15) is 0 Å². The van der Waals surface area contributed by atoms with Crippen molar-refractivity contribution in [2.75, 3.05) is 0 Å². The van der Waals surface area contributed by atoms with Crippen LogP contribution in [-0.4, -0.2) is 21.0 Å². The van der Waals surface area contributed by atoms with Crippen LogP contribution in [0.1, 0.15) is 25.3 Å². The van der Waals surface area contributed by atoms with Gasteiger partial charge >= 0.3 is 5.97 Å². The van der Waals surface area contributed by atoms with E-state index in [9.17, 15) is 9.90 Å². The summed E-state index contributed by atoms with van der Waals surface area (Å²) in [5.74, 6) is -0.298. The van der Waals surface area contributed by atoms with E-state index in [-0.39, 0.29) is 0 Å². The normalized spacial score (nSPS) is 26.1. The summed E-state index contributed by atoms with van der Waals surface area (Å²) in [5.41, 5.74) is 1.55. The molecule has 0 aliphatic heterocycles. The minimum absolute atomic E-state index is 0.451. The third-order valence-electron chi connectivity index (χ3n) is 3.88. The van der Waals surface area contributed by atoms with Crippen molar-refractivity contribution in [3.05, 3.63) is 34.6 Å². The molecule has 0 unspecified atom stereocenters. The first-order valence-corrected chi connectivity index (χ1v) is 6.96. The number of hydrogen-bond donors (Lipinski definition) is 1. The SMILES string of the molecule is CC1CC(C(=O)O)(c2cc(Br)c3nccnc3c2)C1. The Hall–Kier alpha value is -1.49. The number of aromatic nitrogens is 2. The molecule has 0 atom stereocenters. The molecular formula is C14H13BrN2O2. The van der Waals surface area contributed by atoms with Crippen molar-refractivity contribution in [1.82, 2.24) is 9.97 Å². The van der Waals surface area contributed by atoms with E-state index in [2.05, 4.69) is 32.8 Å². The maximum absolute atomic E-state index is 11.6. The van der Waals surface area contributed by atoms with Crippen LogP contribution in [0.5, 0.6) is 0 Å². The van der Waals surface area contributed by atoms with Crippen LogP contribution in [0.15, 0.2) is 29.0 Å². The minimum atomic E-state index is -0.756. The molecule has 0 spiro atoms. The van der Waals surface area contributed by atoms with Crippen molar-refractivity contribution in [2.45, 2.75) is 25.2 Å². The topological polar surface area (TPSA) is 63.1 Å². The molecule has 4 nitrogen and oxygen atoms in total. The Morgan fingerprint density at radius 1 is 1.37 bits per heavy atom. The number of halogens is 1. The average Bonchev–Trinajstić information content (AvgIpc) is 2.34. The predicted octanol–water partition coefficient (Wildman–Crippen LogP) is 3.14. The third-order valence-corrected chi connectivity index (χ3v) is 4.49. The van der Waals surface area contributed by atoms with Gasteiger partial charge in [-0.05, 0) is 52.4 Å². The fourth-order valence-electron chi connectivity index (χ4n) is 2.97. The van der Waals surface area contributed by atoms with Crippen LogP contribution in [-0.2, 0) is 10.2 Å². The molecule has 1 N–H and O–H groups in total. The van der Waals surface area contributed by atoms with Gasteiger partial charge in [-0.3, -0.25) is 14.8 Å². The largest absolute Gasteiger partial charge is 0.481 e. The second kappa shape index (κ2) is 4.27. The molecule has 0 bridgehead atoms. The number of carboxylic acid groups (broad SMARTS) is 1. The third kappa shape index (κ3) is 1.84. The number of benzene rings is 1. The fourth-order valence-corrected chi connectivity index (χ4v) is 3.52.